The normalized spacial score (nSPS) is 12.4. The van der Waals surface area contributed by atoms with Crippen LogP contribution in [0.1, 0.15) is 19.4 Å². The summed E-state index contributed by atoms with van der Waals surface area (Å²) >= 11 is 0. The van der Waals surface area contributed by atoms with Crippen LogP contribution < -0.4 is 10.5 Å². The molecule has 19 heavy (non-hydrogen) atoms. The van der Waals surface area contributed by atoms with Gasteiger partial charge in [0.05, 0.1) is 13.2 Å². The van der Waals surface area contributed by atoms with Crippen molar-refractivity contribution in [3.63, 3.8) is 0 Å². The van der Waals surface area contributed by atoms with Gasteiger partial charge in [-0.05, 0) is 24.1 Å². The van der Waals surface area contributed by atoms with Gasteiger partial charge < -0.3 is 15.4 Å². The Balaban J connectivity index is 2.84. The van der Waals surface area contributed by atoms with Crippen molar-refractivity contribution in [3.8, 4) is 5.75 Å². The first-order valence-corrected chi connectivity index (χ1v) is 6.19. The SMILES string of the molecule is COc1ccc(F)cc1CN(C)C(=O)C(N)C(C)C. The maximum Gasteiger partial charge on any atom is 0.239 e. The Bertz CT molecular complexity index is 449. The summed E-state index contributed by atoms with van der Waals surface area (Å²) in [7, 11) is 3.16. The molecular formula is C14H21FN2O2. The number of benzene rings is 1. The number of amides is 1. The Labute approximate surface area is 113 Å². The zero-order valence-corrected chi connectivity index (χ0v) is 11.8. The maximum atomic E-state index is 13.2. The summed E-state index contributed by atoms with van der Waals surface area (Å²) in [5, 5.41) is 0. The predicted molar refractivity (Wildman–Crippen MR) is 72.2 cm³/mol. The van der Waals surface area contributed by atoms with Crippen molar-refractivity contribution in [1.29, 1.82) is 0 Å². The standard InChI is InChI=1S/C14H21FN2O2/c1-9(2)13(16)14(18)17(3)8-10-7-11(15)5-6-12(10)19-4/h5-7,9,13H,8,16H2,1-4H3. The first-order valence-electron chi connectivity index (χ1n) is 6.19. The second-order valence-corrected chi connectivity index (χ2v) is 4.92. The molecule has 0 bridgehead atoms. The minimum atomic E-state index is -0.551. The highest BCUT2D eigenvalue weighted by Gasteiger charge is 2.21. The lowest BCUT2D eigenvalue weighted by Crippen LogP contribution is -2.44. The number of hydrogen-bond acceptors (Lipinski definition) is 3. The molecule has 0 aromatic heterocycles. The summed E-state index contributed by atoms with van der Waals surface area (Å²) in [5.41, 5.74) is 6.44. The summed E-state index contributed by atoms with van der Waals surface area (Å²) in [6.45, 7) is 4.04. The number of likely N-dealkylation sites (N-methyl/N-ethyl adjacent to an activating group) is 1. The van der Waals surface area contributed by atoms with Crippen LogP contribution in [0.3, 0.4) is 0 Å². The van der Waals surface area contributed by atoms with Gasteiger partial charge in [-0.3, -0.25) is 4.79 Å². The summed E-state index contributed by atoms with van der Waals surface area (Å²) in [6.07, 6.45) is 0. The third-order valence-electron chi connectivity index (χ3n) is 3.03. The molecule has 5 heteroatoms. The van der Waals surface area contributed by atoms with Gasteiger partial charge in [0, 0.05) is 19.2 Å². The molecule has 0 aliphatic heterocycles. The van der Waals surface area contributed by atoms with Gasteiger partial charge in [0.25, 0.3) is 0 Å². The van der Waals surface area contributed by atoms with Crippen LogP contribution in [0.5, 0.6) is 5.75 Å². The average Bonchev–Trinajstić information content (AvgIpc) is 2.37. The van der Waals surface area contributed by atoms with Gasteiger partial charge in [-0.2, -0.15) is 0 Å². The summed E-state index contributed by atoms with van der Waals surface area (Å²) in [4.78, 5) is 13.5. The van der Waals surface area contributed by atoms with Crippen molar-refractivity contribution in [2.75, 3.05) is 14.2 Å². The lowest BCUT2D eigenvalue weighted by atomic mass is 10.0. The lowest BCUT2D eigenvalue weighted by molar-refractivity contribution is -0.132. The number of rotatable bonds is 5. The van der Waals surface area contributed by atoms with Crippen LogP contribution in [0.15, 0.2) is 18.2 Å². The second kappa shape index (κ2) is 6.52. The number of hydrogen-bond donors (Lipinski definition) is 1. The largest absolute Gasteiger partial charge is 0.496 e. The molecule has 4 nitrogen and oxygen atoms in total. The number of nitrogens with zero attached hydrogens (tertiary/aromatic N) is 1. The van der Waals surface area contributed by atoms with Crippen molar-refractivity contribution >= 4 is 5.91 Å². The summed E-state index contributed by atoms with van der Waals surface area (Å²) < 4.78 is 18.4. The van der Waals surface area contributed by atoms with E-state index < -0.39 is 6.04 Å². The predicted octanol–water partition coefficient (Wildman–Crippen LogP) is 1.78. The van der Waals surface area contributed by atoms with E-state index in [9.17, 15) is 9.18 Å². The van der Waals surface area contributed by atoms with Gasteiger partial charge in [-0.1, -0.05) is 13.8 Å². The van der Waals surface area contributed by atoms with Gasteiger partial charge in [0.1, 0.15) is 11.6 Å². The highest BCUT2D eigenvalue weighted by Crippen LogP contribution is 2.21. The van der Waals surface area contributed by atoms with Crippen LogP contribution >= 0.6 is 0 Å². The highest BCUT2D eigenvalue weighted by atomic mass is 19.1. The molecule has 0 fully saturated rings. The van der Waals surface area contributed by atoms with E-state index in [4.69, 9.17) is 10.5 Å². The number of carbonyl (C=O) groups excluding carboxylic acids is 1. The molecule has 1 rings (SSSR count). The van der Waals surface area contributed by atoms with E-state index in [-0.39, 0.29) is 24.2 Å². The maximum absolute atomic E-state index is 13.2. The fourth-order valence-electron chi connectivity index (χ4n) is 1.74. The number of ether oxygens (including phenoxy) is 1. The molecule has 1 aromatic rings. The van der Waals surface area contributed by atoms with Crippen LogP contribution in [0.2, 0.25) is 0 Å². The molecule has 1 unspecified atom stereocenters. The Morgan fingerprint density at radius 3 is 2.63 bits per heavy atom. The zero-order valence-electron chi connectivity index (χ0n) is 11.8. The van der Waals surface area contributed by atoms with Crippen molar-refractivity contribution in [1.82, 2.24) is 4.90 Å². The molecule has 1 amide bonds. The number of nitrogens with two attached hydrogens (primary N) is 1. The first kappa shape index (κ1) is 15.4. The third kappa shape index (κ3) is 3.92. The topological polar surface area (TPSA) is 55.6 Å². The van der Waals surface area contributed by atoms with Gasteiger partial charge in [0.15, 0.2) is 0 Å². The zero-order chi connectivity index (χ0) is 14.6. The van der Waals surface area contributed by atoms with Crippen LogP contribution in [0, 0.1) is 11.7 Å². The molecule has 0 spiro atoms. The molecule has 106 valence electrons. The molecule has 0 saturated heterocycles. The molecule has 2 N–H and O–H groups in total. The van der Waals surface area contributed by atoms with E-state index in [2.05, 4.69) is 0 Å². The Hall–Kier alpha value is -1.62. The molecule has 1 atom stereocenters. The van der Waals surface area contributed by atoms with Crippen LogP contribution in [-0.4, -0.2) is 31.0 Å². The smallest absolute Gasteiger partial charge is 0.239 e. The van der Waals surface area contributed by atoms with Gasteiger partial charge >= 0.3 is 0 Å². The van der Waals surface area contributed by atoms with Crippen molar-refractivity contribution in [3.05, 3.63) is 29.6 Å². The summed E-state index contributed by atoms with van der Waals surface area (Å²) in [5.74, 6) is 0.0923. The van der Waals surface area contributed by atoms with Crippen molar-refractivity contribution in [2.45, 2.75) is 26.4 Å². The summed E-state index contributed by atoms with van der Waals surface area (Å²) in [6, 6.07) is 3.68. The van der Waals surface area contributed by atoms with Crippen molar-refractivity contribution in [2.24, 2.45) is 11.7 Å². The lowest BCUT2D eigenvalue weighted by Gasteiger charge is -2.24. The molecule has 0 heterocycles. The molecular weight excluding hydrogens is 247 g/mol. The molecule has 1 aromatic carbocycles. The highest BCUT2D eigenvalue weighted by molar-refractivity contribution is 5.81. The van der Waals surface area contributed by atoms with E-state index in [0.29, 0.717) is 11.3 Å². The minimum Gasteiger partial charge on any atom is -0.496 e. The van der Waals surface area contributed by atoms with Crippen LogP contribution in [0.25, 0.3) is 0 Å². The third-order valence-corrected chi connectivity index (χ3v) is 3.03. The van der Waals surface area contributed by atoms with E-state index in [1.54, 1.807) is 13.1 Å². The van der Waals surface area contributed by atoms with Gasteiger partial charge in [-0.15, -0.1) is 0 Å². The Kier molecular flexibility index (Phi) is 5.30. The fourth-order valence-corrected chi connectivity index (χ4v) is 1.74. The Morgan fingerprint density at radius 2 is 2.11 bits per heavy atom. The van der Waals surface area contributed by atoms with E-state index >= 15 is 0 Å². The number of carbonyl (C=O) groups is 1. The molecule has 0 aliphatic carbocycles. The fraction of sp³-hybridized carbons (Fsp3) is 0.500. The van der Waals surface area contributed by atoms with E-state index in [0.717, 1.165) is 0 Å². The minimum absolute atomic E-state index is 0.0596. The van der Waals surface area contributed by atoms with Gasteiger partial charge in [0.2, 0.25) is 5.91 Å². The quantitative estimate of drug-likeness (QED) is 0.885. The number of methoxy groups -OCH3 is 1. The van der Waals surface area contributed by atoms with Crippen LogP contribution in [0.4, 0.5) is 4.39 Å². The van der Waals surface area contributed by atoms with Crippen LogP contribution in [-0.2, 0) is 11.3 Å². The monoisotopic (exact) mass is 268 g/mol. The Morgan fingerprint density at radius 1 is 1.47 bits per heavy atom. The molecule has 0 saturated carbocycles. The molecule has 0 aliphatic rings. The average molecular weight is 268 g/mol. The van der Waals surface area contributed by atoms with E-state index in [1.807, 2.05) is 13.8 Å². The van der Waals surface area contributed by atoms with Crippen molar-refractivity contribution < 1.29 is 13.9 Å². The van der Waals surface area contributed by atoms with E-state index in [1.165, 1.54) is 24.1 Å². The first-order chi connectivity index (χ1) is 8.86. The number of halogens is 1. The second-order valence-electron chi connectivity index (χ2n) is 4.92. The molecule has 0 radical (unpaired) electrons. The van der Waals surface area contributed by atoms with Gasteiger partial charge in [-0.25, -0.2) is 4.39 Å².